The Labute approximate surface area is 121 Å². The second-order valence-corrected chi connectivity index (χ2v) is 5.77. The van der Waals surface area contributed by atoms with Gasteiger partial charge in [-0.05, 0) is 18.7 Å². The normalized spacial score (nSPS) is 23.9. The average molecular weight is 279 g/mol. The smallest absolute Gasteiger partial charge is 0.203 e. The van der Waals surface area contributed by atoms with Crippen molar-refractivity contribution in [3.63, 3.8) is 0 Å². The second-order valence-electron chi connectivity index (χ2n) is 5.77. The number of benzene rings is 1. The number of rotatable bonds is 6. The summed E-state index contributed by atoms with van der Waals surface area (Å²) in [5, 5.41) is 3.50. The molecule has 1 saturated carbocycles. The summed E-state index contributed by atoms with van der Waals surface area (Å²) < 4.78 is 17.0. The van der Waals surface area contributed by atoms with E-state index in [1.165, 1.54) is 0 Å². The molecule has 0 bridgehead atoms. The third kappa shape index (κ3) is 2.57. The lowest BCUT2D eigenvalue weighted by Gasteiger charge is -2.51. The van der Waals surface area contributed by atoms with Crippen LogP contribution in [-0.2, 0) is 0 Å². The molecule has 1 aliphatic rings. The van der Waals surface area contributed by atoms with E-state index in [0.717, 1.165) is 13.0 Å². The van der Waals surface area contributed by atoms with Gasteiger partial charge in [0.05, 0.1) is 14.2 Å². The lowest BCUT2D eigenvalue weighted by Crippen LogP contribution is -2.62. The first-order valence-corrected chi connectivity index (χ1v) is 7.15. The van der Waals surface area contributed by atoms with Gasteiger partial charge < -0.3 is 19.5 Å². The maximum atomic E-state index is 6.20. The summed E-state index contributed by atoms with van der Waals surface area (Å²) >= 11 is 0. The fourth-order valence-electron chi connectivity index (χ4n) is 2.75. The van der Waals surface area contributed by atoms with Gasteiger partial charge >= 0.3 is 0 Å². The molecule has 1 N–H and O–H groups in total. The molecule has 2 rings (SSSR count). The summed E-state index contributed by atoms with van der Waals surface area (Å²) in [4.78, 5) is 0. The summed E-state index contributed by atoms with van der Waals surface area (Å²) in [6, 6.07) is 6.19. The van der Waals surface area contributed by atoms with Gasteiger partial charge in [-0.25, -0.2) is 0 Å². The zero-order chi connectivity index (χ0) is 14.8. The number of ether oxygens (including phenoxy) is 3. The van der Waals surface area contributed by atoms with Crippen LogP contribution in [0.2, 0.25) is 0 Å². The maximum absolute atomic E-state index is 6.20. The molecule has 2 atom stereocenters. The summed E-state index contributed by atoms with van der Waals surface area (Å²) in [5.41, 5.74) is 0.0991. The summed E-state index contributed by atoms with van der Waals surface area (Å²) in [6.45, 7) is 7.58. The Balaban J connectivity index is 2.15. The number of nitrogens with one attached hydrogen (secondary N) is 1. The lowest BCUT2D eigenvalue weighted by atomic mass is 9.64. The van der Waals surface area contributed by atoms with Gasteiger partial charge in [0.15, 0.2) is 11.5 Å². The number of hydrogen-bond donors (Lipinski definition) is 1. The Morgan fingerprint density at radius 1 is 1.20 bits per heavy atom. The number of para-hydroxylation sites is 1. The van der Waals surface area contributed by atoms with Crippen molar-refractivity contribution >= 4 is 0 Å². The molecule has 1 fully saturated rings. The van der Waals surface area contributed by atoms with Gasteiger partial charge in [-0.2, -0.15) is 0 Å². The molecule has 0 aromatic heterocycles. The van der Waals surface area contributed by atoms with Gasteiger partial charge in [0.2, 0.25) is 5.75 Å². The fourth-order valence-corrected chi connectivity index (χ4v) is 2.75. The van der Waals surface area contributed by atoms with Crippen LogP contribution in [-0.4, -0.2) is 32.9 Å². The Morgan fingerprint density at radius 3 is 2.25 bits per heavy atom. The minimum atomic E-state index is 0.0991. The van der Waals surface area contributed by atoms with Crippen molar-refractivity contribution in [3.8, 4) is 17.2 Å². The zero-order valence-electron chi connectivity index (χ0n) is 13.0. The molecule has 112 valence electrons. The fraction of sp³-hybridized carbons (Fsp3) is 0.625. The Hall–Kier alpha value is -1.42. The van der Waals surface area contributed by atoms with Gasteiger partial charge in [-0.15, -0.1) is 0 Å². The summed E-state index contributed by atoms with van der Waals surface area (Å²) in [7, 11) is 3.30. The molecule has 1 aromatic rings. The largest absolute Gasteiger partial charge is 0.493 e. The van der Waals surface area contributed by atoms with Gasteiger partial charge in [0, 0.05) is 17.9 Å². The van der Waals surface area contributed by atoms with Crippen LogP contribution in [0.25, 0.3) is 0 Å². The molecule has 0 saturated heterocycles. The van der Waals surface area contributed by atoms with Crippen LogP contribution in [0.15, 0.2) is 18.2 Å². The van der Waals surface area contributed by atoms with E-state index in [-0.39, 0.29) is 11.5 Å². The van der Waals surface area contributed by atoms with E-state index in [4.69, 9.17) is 14.2 Å². The highest BCUT2D eigenvalue weighted by Crippen LogP contribution is 2.46. The van der Waals surface area contributed by atoms with Gasteiger partial charge in [-0.1, -0.05) is 26.8 Å². The molecule has 0 radical (unpaired) electrons. The average Bonchev–Trinajstić information content (AvgIpc) is 2.46. The molecule has 4 heteroatoms. The molecule has 1 aliphatic carbocycles. The van der Waals surface area contributed by atoms with Crippen molar-refractivity contribution in [2.75, 3.05) is 20.8 Å². The van der Waals surface area contributed by atoms with Crippen LogP contribution in [0.5, 0.6) is 17.2 Å². The first-order chi connectivity index (χ1) is 9.54. The van der Waals surface area contributed by atoms with Crippen molar-refractivity contribution in [1.82, 2.24) is 5.32 Å². The SMILES string of the molecule is CCNC1CC(Oc2c(OC)cccc2OC)C1(C)C. The van der Waals surface area contributed by atoms with E-state index >= 15 is 0 Å². The molecule has 0 heterocycles. The van der Waals surface area contributed by atoms with Crippen molar-refractivity contribution in [2.24, 2.45) is 5.41 Å². The molecule has 2 unspecified atom stereocenters. The van der Waals surface area contributed by atoms with Gasteiger partial charge in [0.25, 0.3) is 0 Å². The van der Waals surface area contributed by atoms with E-state index in [0.29, 0.717) is 23.3 Å². The lowest BCUT2D eigenvalue weighted by molar-refractivity contribution is -0.0561. The topological polar surface area (TPSA) is 39.7 Å². The summed E-state index contributed by atoms with van der Waals surface area (Å²) in [5.74, 6) is 2.13. The van der Waals surface area contributed by atoms with Crippen LogP contribution in [0.4, 0.5) is 0 Å². The predicted molar refractivity (Wildman–Crippen MR) is 79.8 cm³/mol. The van der Waals surface area contributed by atoms with E-state index in [1.54, 1.807) is 14.2 Å². The quantitative estimate of drug-likeness (QED) is 0.869. The van der Waals surface area contributed by atoms with E-state index < -0.39 is 0 Å². The van der Waals surface area contributed by atoms with Crippen molar-refractivity contribution in [1.29, 1.82) is 0 Å². The van der Waals surface area contributed by atoms with Crippen LogP contribution < -0.4 is 19.5 Å². The molecule has 1 aromatic carbocycles. The summed E-state index contributed by atoms with van der Waals surface area (Å²) in [6.07, 6.45) is 1.17. The number of methoxy groups -OCH3 is 2. The second kappa shape index (κ2) is 5.92. The molecule has 4 nitrogen and oxygen atoms in total. The van der Waals surface area contributed by atoms with E-state index in [9.17, 15) is 0 Å². The van der Waals surface area contributed by atoms with Gasteiger partial charge in [0.1, 0.15) is 6.10 Å². The van der Waals surface area contributed by atoms with Crippen LogP contribution in [0, 0.1) is 5.41 Å². The predicted octanol–water partition coefficient (Wildman–Crippen LogP) is 2.86. The first-order valence-electron chi connectivity index (χ1n) is 7.15. The minimum Gasteiger partial charge on any atom is -0.493 e. The maximum Gasteiger partial charge on any atom is 0.203 e. The Bertz CT molecular complexity index is 437. The van der Waals surface area contributed by atoms with Crippen LogP contribution >= 0.6 is 0 Å². The van der Waals surface area contributed by atoms with Crippen molar-refractivity contribution in [2.45, 2.75) is 39.3 Å². The highest BCUT2D eigenvalue weighted by Gasteiger charge is 2.50. The first kappa shape index (κ1) is 15.0. The molecule has 20 heavy (non-hydrogen) atoms. The molecule has 0 spiro atoms. The third-order valence-corrected chi connectivity index (χ3v) is 4.27. The van der Waals surface area contributed by atoms with Crippen molar-refractivity contribution < 1.29 is 14.2 Å². The Morgan fingerprint density at radius 2 is 1.80 bits per heavy atom. The van der Waals surface area contributed by atoms with Crippen LogP contribution in [0.1, 0.15) is 27.2 Å². The monoisotopic (exact) mass is 279 g/mol. The zero-order valence-corrected chi connectivity index (χ0v) is 13.0. The van der Waals surface area contributed by atoms with E-state index in [1.807, 2.05) is 18.2 Å². The molecular formula is C16H25NO3. The van der Waals surface area contributed by atoms with Gasteiger partial charge in [-0.3, -0.25) is 0 Å². The molecule has 0 amide bonds. The third-order valence-electron chi connectivity index (χ3n) is 4.27. The highest BCUT2D eigenvalue weighted by atomic mass is 16.5. The standard InChI is InChI=1S/C16H25NO3/c1-6-17-13-10-14(16(13,2)3)20-15-11(18-4)8-7-9-12(15)19-5/h7-9,13-14,17H,6,10H2,1-5H3. The van der Waals surface area contributed by atoms with E-state index in [2.05, 4.69) is 26.1 Å². The number of hydrogen-bond acceptors (Lipinski definition) is 4. The Kier molecular flexibility index (Phi) is 4.43. The highest BCUT2D eigenvalue weighted by molar-refractivity contribution is 5.51. The van der Waals surface area contributed by atoms with Crippen LogP contribution in [0.3, 0.4) is 0 Å². The molecular weight excluding hydrogens is 254 g/mol. The minimum absolute atomic E-state index is 0.0991. The van der Waals surface area contributed by atoms with Crippen molar-refractivity contribution in [3.05, 3.63) is 18.2 Å². The molecule has 0 aliphatic heterocycles.